The van der Waals surface area contributed by atoms with Crippen molar-refractivity contribution in [2.24, 2.45) is 16.8 Å². The van der Waals surface area contributed by atoms with Crippen molar-refractivity contribution in [3.05, 3.63) is 24.2 Å². The summed E-state index contributed by atoms with van der Waals surface area (Å²) in [4.78, 5) is 7.38. The van der Waals surface area contributed by atoms with E-state index in [-0.39, 0.29) is 24.0 Å². The summed E-state index contributed by atoms with van der Waals surface area (Å²) in [5, 5.41) is 7.14. The third kappa shape index (κ3) is 8.29. The summed E-state index contributed by atoms with van der Waals surface area (Å²) in [6, 6.07) is 4.46. The second-order valence-electron chi connectivity index (χ2n) is 8.29. The Morgan fingerprint density at radius 2 is 2.11 bits per heavy atom. The standard InChI is InChI=1S/C21H36N4O2.HI/c1-17(2)14-23-21(22-9-5-20-4-3-12-27-20)24-19-6-10-25(11-7-19)15-18-8-13-26-16-18;/h3-4,12,17-19H,5-11,13-16H2,1-2H3,(H2,22,23,24);1H. The molecule has 7 heteroatoms. The fraction of sp³-hybridized carbons (Fsp3) is 0.762. The van der Waals surface area contributed by atoms with Gasteiger partial charge in [0.1, 0.15) is 5.76 Å². The number of aliphatic imine (C=N–C) groups is 1. The van der Waals surface area contributed by atoms with Gasteiger partial charge in [0, 0.05) is 51.8 Å². The molecule has 1 unspecified atom stereocenters. The lowest BCUT2D eigenvalue weighted by Gasteiger charge is -2.34. The van der Waals surface area contributed by atoms with Gasteiger partial charge >= 0.3 is 0 Å². The molecule has 0 saturated carbocycles. The molecule has 1 aromatic rings. The monoisotopic (exact) mass is 504 g/mol. The van der Waals surface area contributed by atoms with E-state index >= 15 is 0 Å². The number of hydrogen-bond acceptors (Lipinski definition) is 4. The molecule has 2 aliphatic rings. The van der Waals surface area contributed by atoms with Gasteiger partial charge in [-0.3, -0.25) is 4.99 Å². The molecule has 2 N–H and O–H groups in total. The van der Waals surface area contributed by atoms with E-state index in [1.165, 1.54) is 25.8 Å². The summed E-state index contributed by atoms with van der Waals surface area (Å²) in [5.41, 5.74) is 0. The van der Waals surface area contributed by atoms with Crippen LogP contribution in [0, 0.1) is 11.8 Å². The first kappa shape index (κ1) is 23.5. The van der Waals surface area contributed by atoms with E-state index in [1.807, 2.05) is 12.1 Å². The molecular formula is C21H37IN4O2. The first-order chi connectivity index (χ1) is 13.2. The fourth-order valence-corrected chi connectivity index (χ4v) is 3.73. The average molecular weight is 504 g/mol. The van der Waals surface area contributed by atoms with Crippen molar-refractivity contribution in [3.8, 4) is 0 Å². The molecule has 0 aliphatic carbocycles. The molecule has 2 fully saturated rings. The quantitative estimate of drug-likeness (QED) is 0.324. The maximum atomic E-state index is 5.51. The van der Waals surface area contributed by atoms with Crippen molar-refractivity contribution in [3.63, 3.8) is 0 Å². The lowest BCUT2D eigenvalue weighted by Crippen LogP contribution is -2.49. The zero-order chi connectivity index (χ0) is 18.9. The second-order valence-corrected chi connectivity index (χ2v) is 8.29. The fourth-order valence-electron chi connectivity index (χ4n) is 3.73. The number of piperidine rings is 1. The topological polar surface area (TPSA) is 62.0 Å². The molecule has 1 atom stereocenters. The largest absolute Gasteiger partial charge is 0.469 e. The highest BCUT2D eigenvalue weighted by Crippen LogP contribution is 2.17. The molecule has 0 amide bonds. The van der Waals surface area contributed by atoms with Crippen molar-refractivity contribution in [2.75, 3.05) is 45.9 Å². The number of ether oxygens (including phenoxy) is 1. The SMILES string of the molecule is CC(C)CN=C(NCCc1ccco1)NC1CCN(CC2CCOC2)CC1.I. The molecule has 2 aliphatic heterocycles. The van der Waals surface area contributed by atoms with Crippen LogP contribution in [-0.2, 0) is 11.2 Å². The van der Waals surface area contributed by atoms with E-state index in [9.17, 15) is 0 Å². The highest BCUT2D eigenvalue weighted by molar-refractivity contribution is 14.0. The number of hydrogen-bond donors (Lipinski definition) is 2. The van der Waals surface area contributed by atoms with Gasteiger partial charge in [-0.15, -0.1) is 24.0 Å². The Kier molecular flexibility index (Phi) is 10.6. The van der Waals surface area contributed by atoms with Crippen LogP contribution in [0.5, 0.6) is 0 Å². The van der Waals surface area contributed by atoms with E-state index in [0.29, 0.717) is 12.0 Å². The first-order valence-corrected chi connectivity index (χ1v) is 10.6. The van der Waals surface area contributed by atoms with Crippen LogP contribution in [0.25, 0.3) is 0 Å². The molecule has 3 rings (SSSR count). The minimum atomic E-state index is 0. The van der Waals surface area contributed by atoms with Gasteiger partial charge < -0.3 is 24.7 Å². The zero-order valence-corrected chi connectivity index (χ0v) is 19.7. The van der Waals surface area contributed by atoms with Crippen molar-refractivity contribution in [1.82, 2.24) is 15.5 Å². The number of halogens is 1. The van der Waals surface area contributed by atoms with Crippen LogP contribution in [0.3, 0.4) is 0 Å². The molecule has 1 aromatic heterocycles. The number of rotatable bonds is 8. The number of nitrogens with one attached hydrogen (secondary N) is 2. The predicted molar refractivity (Wildman–Crippen MR) is 124 cm³/mol. The summed E-state index contributed by atoms with van der Waals surface area (Å²) in [6.07, 6.45) is 6.18. The number of guanidine groups is 1. The van der Waals surface area contributed by atoms with E-state index in [2.05, 4.69) is 29.4 Å². The molecule has 6 nitrogen and oxygen atoms in total. The molecule has 0 aromatic carbocycles. The predicted octanol–water partition coefficient (Wildman–Crippen LogP) is 3.13. The van der Waals surface area contributed by atoms with Crippen molar-refractivity contribution < 1.29 is 9.15 Å². The highest BCUT2D eigenvalue weighted by Gasteiger charge is 2.24. The Labute approximate surface area is 186 Å². The normalized spacial score (nSPS) is 21.7. The molecule has 0 bridgehead atoms. The third-order valence-electron chi connectivity index (χ3n) is 5.33. The number of likely N-dealkylation sites (tertiary alicyclic amines) is 1. The van der Waals surface area contributed by atoms with E-state index in [4.69, 9.17) is 14.1 Å². The molecule has 160 valence electrons. The maximum Gasteiger partial charge on any atom is 0.191 e. The Morgan fingerprint density at radius 3 is 2.75 bits per heavy atom. The number of furan rings is 1. The van der Waals surface area contributed by atoms with Crippen LogP contribution in [0.1, 0.15) is 38.9 Å². The Hall–Kier alpha value is -0.800. The second kappa shape index (κ2) is 12.7. The summed E-state index contributed by atoms with van der Waals surface area (Å²) in [6.45, 7) is 11.5. The maximum absolute atomic E-state index is 5.51. The van der Waals surface area contributed by atoms with Crippen LogP contribution in [0.4, 0.5) is 0 Å². The summed E-state index contributed by atoms with van der Waals surface area (Å²) < 4.78 is 10.9. The smallest absolute Gasteiger partial charge is 0.191 e. The average Bonchev–Trinajstić information content (AvgIpc) is 3.35. The Balaban J connectivity index is 0.00000280. The van der Waals surface area contributed by atoms with Crippen molar-refractivity contribution in [2.45, 2.75) is 45.6 Å². The zero-order valence-electron chi connectivity index (χ0n) is 17.4. The van der Waals surface area contributed by atoms with Crippen LogP contribution in [0.15, 0.2) is 27.8 Å². The summed E-state index contributed by atoms with van der Waals surface area (Å²) in [5.74, 6) is 3.25. The Bertz CT molecular complexity index is 551. The number of nitrogens with zero attached hydrogens (tertiary/aromatic N) is 2. The van der Waals surface area contributed by atoms with Gasteiger partial charge in [0.05, 0.1) is 12.9 Å². The van der Waals surface area contributed by atoms with Crippen molar-refractivity contribution >= 4 is 29.9 Å². The molecular weight excluding hydrogens is 467 g/mol. The first-order valence-electron chi connectivity index (χ1n) is 10.6. The van der Waals surface area contributed by atoms with E-state index < -0.39 is 0 Å². The minimum Gasteiger partial charge on any atom is -0.469 e. The van der Waals surface area contributed by atoms with E-state index in [1.54, 1.807) is 6.26 Å². The lowest BCUT2D eigenvalue weighted by atomic mass is 10.0. The van der Waals surface area contributed by atoms with Crippen LogP contribution in [0.2, 0.25) is 0 Å². The van der Waals surface area contributed by atoms with Gasteiger partial charge in [-0.2, -0.15) is 0 Å². The molecule has 0 spiro atoms. The van der Waals surface area contributed by atoms with Crippen LogP contribution < -0.4 is 10.6 Å². The van der Waals surface area contributed by atoms with Gasteiger partial charge in [-0.1, -0.05) is 13.8 Å². The van der Waals surface area contributed by atoms with Gasteiger partial charge in [-0.25, -0.2) is 0 Å². The summed E-state index contributed by atoms with van der Waals surface area (Å²) >= 11 is 0. The molecule has 0 radical (unpaired) electrons. The third-order valence-corrected chi connectivity index (χ3v) is 5.33. The van der Waals surface area contributed by atoms with Gasteiger partial charge in [0.2, 0.25) is 0 Å². The molecule has 2 saturated heterocycles. The van der Waals surface area contributed by atoms with Gasteiger partial charge in [0.15, 0.2) is 5.96 Å². The van der Waals surface area contributed by atoms with E-state index in [0.717, 1.165) is 63.5 Å². The van der Waals surface area contributed by atoms with Crippen molar-refractivity contribution in [1.29, 1.82) is 0 Å². The lowest BCUT2D eigenvalue weighted by molar-refractivity contribution is 0.150. The molecule has 3 heterocycles. The van der Waals surface area contributed by atoms with Crippen LogP contribution >= 0.6 is 24.0 Å². The summed E-state index contributed by atoms with van der Waals surface area (Å²) in [7, 11) is 0. The Morgan fingerprint density at radius 1 is 1.29 bits per heavy atom. The van der Waals surface area contributed by atoms with Crippen LogP contribution in [-0.4, -0.2) is 62.8 Å². The minimum absolute atomic E-state index is 0. The van der Waals surface area contributed by atoms with Gasteiger partial charge in [-0.05, 0) is 43.2 Å². The van der Waals surface area contributed by atoms with Gasteiger partial charge in [0.25, 0.3) is 0 Å². The highest BCUT2D eigenvalue weighted by atomic mass is 127. The molecule has 28 heavy (non-hydrogen) atoms.